The summed E-state index contributed by atoms with van der Waals surface area (Å²) in [5.74, 6) is -0.473. The number of nitrogens with one attached hydrogen (secondary N) is 2. The molecule has 2 amide bonds. The molecule has 0 saturated carbocycles. The number of rotatable bonds is 7. The molecule has 0 fully saturated rings. The molecule has 3 N–H and O–H groups in total. The van der Waals surface area contributed by atoms with Crippen molar-refractivity contribution < 1.29 is 14.7 Å². The van der Waals surface area contributed by atoms with Crippen LogP contribution >= 0.6 is 11.3 Å². The first-order valence-electron chi connectivity index (χ1n) is 6.21. The molecule has 7 heteroatoms. The van der Waals surface area contributed by atoms with Gasteiger partial charge in [-0.15, -0.1) is 11.3 Å². The minimum absolute atomic E-state index is 0.132. The first-order chi connectivity index (χ1) is 8.99. The van der Waals surface area contributed by atoms with E-state index in [1.54, 1.807) is 0 Å². The van der Waals surface area contributed by atoms with E-state index in [9.17, 15) is 9.59 Å². The van der Waals surface area contributed by atoms with E-state index in [4.69, 9.17) is 5.11 Å². The van der Waals surface area contributed by atoms with Gasteiger partial charge < -0.3 is 10.4 Å². The number of nitrogens with zero attached hydrogens (tertiary/aromatic N) is 1. The highest BCUT2D eigenvalue weighted by molar-refractivity contribution is 7.13. The Hall–Kier alpha value is -1.63. The second-order valence-electron chi connectivity index (χ2n) is 4.46. The molecule has 0 bridgehead atoms. The van der Waals surface area contributed by atoms with Gasteiger partial charge in [-0.2, -0.15) is 0 Å². The molecule has 0 spiro atoms. The average Bonchev–Trinajstić information content (AvgIpc) is 2.76. The van der Waals surface area contributed by atoms with Crippen molar-refractivity contribution in [1.82, 2.24) is 10.3 Å². The molecule has 0 saturated heterocycles. The van der Waals surface area contributed by atoms with Crippen LogP contribution in [-0.4, -0.2) is 28.6 Å². The summed E-state index contributed by atoms with van der Waals surface area (Å²) < 4.78 is 0. The number of urea groups is 1. The van der Waals surface area contributed by atoms with Gasteiger partial charge in [-0.1, -0.05) is 13.8 Å². The normalized spacial score (nSPS) is 10.5. The van der Waals surface area contributed by atoms with Crippen LogP contribution in [0.1, 0.15) is 44.7 Å². The summed E-state index contributed by atoms with van der Waals surface area (Å²) in [6.07, 6.45) is 1.34. The van der Waals surface area contributed by atoms with Crippen LogP contribution < -0.4 is 10.6 Å². The number of unbranched alkanes of at least 4 members (excludes halogenated alkanes) is 1. The second-order valence-corrected chi connectivity index (χ2v) is 5.32. The Morgan fingerprint density at radius 2 is 2.16 bits per heavy atom. The molecule has 0 aromatic carbocycles. The van der Waals surface area contributed by atoms with Crippen molar-refractivity contribution in [3.63, 3.8) is 0 Å². The van der Waals surface area contributed by atoms with Gasteiger partial charge in [-0.3, -0.25) is 10.1 Å². The molecule has 1 rings (SSSR count). The maximum atomic E-state index is 11.5. The molecule has 1 heterocycles. The van der Waals surface area contributed by atoms with Crippen molar-refractivity contribution >= 4 is 28.5 Å². The highest BCUT2D eigenvalue weighted by atomic mass is 32.1. The fourth-order valence-electron chi connectivity index (χ4n) is 1.35. The SMILES string of the molecule is CC(C)c1csc(NC(=O)NCCCCC(=O)O)n1. The molecule has 0 aliphatic heterocycles. The van der Waals surface area contributed by atoms with Crippen molar-refractivity contribution in [2.45, 2.75) is 39.0 Å². The summed E-state index contributed by atoms with van der Waals surface area (Å²) in [5.41, 5.74) is 0.960. The third kappa shape index (κ3) is 6.19. The summed E-state index contributed by atoms with van der Waals surface area (Å²) in [6, 6.07) is -0.306. The predicted octanol–water partition coefficient (Wildman–Crippen LogP) is 2.64. The van der Waals surface area contributed by atoms with Crippen molar-refractivity contribution in [3.05, 3.63) is 11.1 Å². The largest absolute Gasteiger partial charge is 0.481 e. The molecule has 1 aromatic rings. The van der Waals surface area contributed by atoms with E-state index in [-0.39, 0.29) is 12.5 Å². The smallest absolute Gasteiger partial charge is 0.321 e. The van der Waals surface area contributed by atoms with Crippen molar-refractivity contribution in [3.8, 4) is 0 Å². The van der Waals surface area contributed by atoms with E-state index in [0.717, 1.165) is 5.69 Å². The quantitative estimate of drug-likeness (QED) is 0.672. The Labute approximate surface area is 116 Å². The number of carboxylic acid groups (broad SMARTS) is 1. The van der Waals surface area contributed by atoms with Crippen LogP contribution in [0.2, 0.25) is 0 Å². The number of aromatic nitrogens is 1. The number of carbonyl (C=O) groups is 2. The van der Waals surface area contributed by atoms with Gasteiger partial charge in [0.2, 0.25) is 0 Å². The van der Waals surface area contributed by atoms with Gasteiger partial charge in [0, 0.05) is 18.3 Å². The maximum absolute atomic E-state index is 11.5. The Morgan fingerprint density at radius 3 is 2.74 bits per heavy atom. The lowest BCUT2D eigenvalue weighted by molar-refractivity contribution is -0.137. The second kappa shape index (κ2) is 7.73. The molecule has 0 unspecified atom stereocenters. The van der Waals surface area contributed by atoms with Gasteiger partial charge in [0.15, 0.2) is 5.13 Å². The van der Waals surface area contributed by atoms with Crippen LogP contribution in [0.25, 0.3) is 0 Å². The summed E-state index contributed by atoms with van der Waals surface area (Å²) in [5, 5.41) is 16.3. The summed E-state index contributed by atoms with van der Waals surface area (Å²) in [7, 11) is 0. The van der Waals surface area contributed by atoms with Gasteiger partial charge in [-0.25, -0.2) is 9.78 Å². The van der Waals surface area contributed by atoms with Crippen LogP contribution in [0.15, 0.2) is 5.38 Å². The zero-order valence-corrected chi connectivity index (χ0v) is 11.9. The van der Waals surface area contributed by atoms with Gasteiger partial charge >= 0.3 is 12.0 Å². The maximum Gasteiger partial charge on any atom is 0.321 e. The van der Waals surface area contributed by atoms with Crippen LogP contribution in [0.3, 0.4) is 0 Å². The fraction of sp³-hybridized carbons (Fsp3) is 0.583. The topological polar surface area (TPSA) is 91.3 Å². The van der Waals surface area contributed by atoms with Crippen LogP contribution in [0.4, 0.5) is 9.93 Å². The number of thiazole rings is 1. The van der Waals surface area contributed by atoms with Gasteiger partial charge in [0.05, 0.1) is 5.69 Å². The predicted molar refractivity (Wildman–Crippen MR) is 74.7 cm³/mol. The standard InChI is InChI=1S/C12H19N3O3S/c1-8(2)9-7-19-12(14-9)15-11(18)13-6-4-3-5-10(16)17/h7-8H,3-6H2,1-2H3,(H,16,17)(H2,13,14,15,18). The first-order valence-corrected chi connectivity index (χ1v) is 7.09. The number of amides is 2. The lowest BCUT2D eigenvalue weighted by atomic mass is 10.2. The molecule has 0 atom stereocenters. The van der Waals surface area contributed by atoms with Gasteiger partial charge in [0.1, 0.15) is 0 Å². The zero-order chi connectivity index (χ0) is 14.3. The van der Waals surface area contributed by atoms with Crippen molar-refractivity contribution in [1.29, 1.82) is 0 Å². The summed E-state index contributed by atoms with van der Waals surface area (Å²) in [6.45, 7) is 4.55. The number of carbonyl (C=O) groups excluding carboxylic acids is 1. The Kier molecular flexibility index (Phi) is 6.27. The van der Waals surface area contributed by atoms with Gasteiger partial charge in [-0.05, 0) is 18.8 Å². The zero-order valence-electron chi connectivity index (χ0n) is 11.1. The number of aliphatic carboxylic acids is 1. The van der Waals surface area contributed by atoms with Crippen molar-refractivity contribution in [2.24, 2.45) is 0 Å². The molecular formula is C12H19N3O3S. The molecule has 6 nitrogen and oxygen atoms in total. The molecule has 1 aromatic heterocycles. The fourth-order valence-corrected chi connectivity index (χ4v) is 2.22. The summed E-state index contributed by atoms with van der Waals surface area (Å²) >= 11 is 1.39. The number of hydrogen-bond donors (Lipinski definition) is 3. The van der Waals surface area contributed by atoms with Gasteiger partial charge in [0.25, 0.3) is 0 Å². The Balaban J connectivity index is 2.21. The highest BCUT2D eigenvalue weighted by Gasteiger charge is 2.08. The van der Waals surface area contributed by atoms with E-state index in [1.165, 1.54) is 11.3 Å². The summed E-state index contributed by atoms with van der Waals surface area (Å²) in [4.78, 5) is 26.1. The lowest BCUT2D eigenvalue weighted by Gasteiger charge is -2.04. The minimum Gasteiger partial charge on any atom is -0.481 e. The monoisotopic (exact) mass is 285 g/mol. The highest BCUT2D eigenvalue weighted by Crippen LogP contribution is 2.21. The van der Waals surface area contributed by atoms with E-state index >= 15 is 0 Å². The lowest BCUT2D eigenvalue weighted by Crippen LogP contribution is -2.29. The van der Waals surface area contributed by atoms with Crippen LogP contribution in [0.5, 0.6) is 0 Å². The molecule has 106 valence electrons. The van der Waals surface area contributed by atoms with E-state index in [0.29, 0.717) is 30.4 Å². The van der Waals surface area contributed by atoms with E-state index in [2.05, 4.69) is 15.6 Å². The van der Waals surface area contributed by atoms with Crippen LogP contribution in [0, 0.1) is 0 Å². The van der Waals surface area contributed by atoms with E-state index < -0.39 is 5.97 Å². The molecule has 0 aliphatic rings. The number of hydrogen-bond acceptors (Lipinski definition) is 4. The Morgan fingerprint density at radius 1 is 1.42 bits per heavy atom. The molecule has 0 radical (unpaired) electrons. The molecule has 0 aliphatic carbocycles. The molecular weight excluding hydrogens is 266 g/mol. The molecule has 19 heavy (non-hydrogen) atoms. The third-order valence-corrected chi connectivity index (χ3v) is 3.21. The van der Waals surface area contributed by atoms with Crippen LogP contribution in [-0.2, 0) is 4.79 Å². The minimum atomic E-state index is -0.812. The number of carboxylic acids is 1. The Bertz CT molecular complexity index is 432. The van der Waals surface area contributed by atoms with Crippen molar-refractivity contribution in [2.75, 3.05) is 11.9 Å². The number of anilines is 1. The third-order valence-electron chi connectivity index (χ3n) is 2.44. The average molecular weight is 285 g/mol. The van der Waals surface area contributed by atoms with E-state index in [1.807, 2.05) is 19.2 Å². The first kappa shape index (κ1) is 15.4.